The van der Waals surface area contributed by atoms with Gasteiger partial charge in [-0.05, 0) is 18.1 Å². The van der Waals surface area contributed by atoms with Crippen molar-refractivity contribution >= 4 is 5.82 Å². The van der Waals surface area contributed by atoms with Gasteiger partial charge in [-0.2, -0.15) is 0 Å². The molecule has 0 saturated heterocycles. The number of aryl methyl sites for hydroxylation is 1. The fraction of sp³-hybridized carbons (Fsp3) is 0.333. The number of benzene rings is 1. The highest BCUT2D eigenvalue weighted by Gasteiger charge is 2.19. The normalized spacial score (nSPS) is 11.6. The summed E-state index contributed by atoms with van der Waals surface area (Å²) in [6.45, 7) is 8.30. The van der Waals surface area contributed by atoms with Gasteiger partial charge in [0.05, 0.1) is 0 Å². The summed E-state index contributed by atoms with van der Waals surface area (Å²) in [4.78, 5) is 8.87. The molecule has 94 valence electrons. The third kappa shape index (κ3) is 2.35. The van der Waals surface area contributed by atoms with Crippen molar-refractivity contribution in [1.82, 2.24) is 9.97 Å². The molecule has 3 nitrogen and oxygen atoms in total. The van der Waals surface area contributed by atoms with E-state index in [4.69, 9.17) is 5.73 Å². The fourth-order valence-corrected chi connectivity index (χ4v) is 1.84. The molecule has 18 heavy (non-hydrogen) atoms. The Bertz CT molecular complexity index is 568. The van der Waals surface area contributed by atoms with Crippen molar-refractivity contribution in [2.45, 2.75) is 33.1 Å². The van der Waals surface area contributed by atoms with Gasteiger partial charge in [0.1, 0.15) is 11.6 Å². The van der Waals surface area contributed by atoms with Crippen molar-refractivity contribution in [2.75, 3.05) is 5.73 Å². The summed E-state index contributed by atoms with van der Waals surface area (Å²) in [6.07, 6.45) is 1.82. The Hall–Kier alpha value is -1.90. The van der Waals surface area contributed by atoms with E-state index in [-0.39, 0.29) is 5.41 Å². The van der Waals surface area contributed by atoms with Gasteiger partial charge in [0.15, 0.2) is 0 Å². The Morgan fingerprint density at radius 2 is 1.72 bits per heavy atom. The van der Waals surface area contributed by atoms with Gasteiger partial charge >= 0.3 is 0 Å². The summed E-state index contributed by atoms with van der Waals surface area (Å²) < 4.78 is 0. The molecule has 1 aromatic carbocycles. The van der Waals surface area contributed by atoms with Crippen molar-refractivity contribution < 1.29 is 0 Å². The maximum atomic E-state index is 6.07. The molecule has 0 spiro atoms. The van der Waals surface area contributed by atoms with Crippen molar-refractivity contribution in [2.24, 2.45) is 0 Å². The summed E-state index contributed by atoms with van der Waals surface area (Å²) in [7, 11) is 0. The molecule has 2 N–H and O–H groups in total. The fourth-order valence-electron chi connectivity index (χ4n) is 1.84. The average molecular weight is 241 g/mol. The average Bonchev–Trinajstić information content (AvgIpc) is 2.29. The van der Waals surface area contributed by atoms with E-state index >= 15 is 0 Å². The summed E-state index contributed by atoms with van der Waals surface area (Å²) in [6, 6.07) is 8.12. The van der Waals surface area contributed by atoms with Crippen LogP contribution < -0.4 is 5.73 Å². The van der Waals surface area contributed by atoms with E-state index in [1.54, 1.807) is 0 Å². The third-order valence-electron chi connectivity index (χ3n) is 2.92. The Morgan fingerprint density at radius 1 is 1.06 bits per heavy atom. The van der Waals surface area contributed by atoms with Crippen molar-refractivity contribution in [1.29, 1.82) is 0 Å². The molecule has 0 unspecified atom stereocenters. The predicted molar refractivity (Wildman–Crippen MR) is 75.3 cm³/mol. The second-order valence-electron chi connectivity index (χ2n) is 5.56. The molecule has 0 aliphatic carbocycles. The number of hydrogen-bond donors (Lipinski definition) is 1. The van der Waals surface area contributed by atoms with Crippen LogP contribution in [0.2, 0.25) is 0 Å². The molecule has 0 aliphatic rings. The lowest BCUT2D eigenvalue weighted by Gasteiger charge is -2.17. The molecule has 0 bridgehead atoms. The Morgan fingerprint density at radius 3 is 2.28 bits per heavy atom. The van der Waals surface area contributed by atoms with Crippen LogP contribution in [0, 0.1) is 6.92 Å². The standard InChI is InChI=1S/C15H19N3/c1-10-7-5-6-8-11(10)12-9-17-14(15(2,3)4)18-13(12)16/h5-9H,1-4H3,(H2,16,17,18). The molecule has 0 atom stereocenters. The first-order chi connectivity index (χ1) is 8.39. The van der Waals surface area contributed by atoms with Crippen molar-refractivity contribution in [3.63, 3.8) is 0 Å². The predicted octanol–water partition coefficient (Wildman–Crippen LogP) is 3.33. The van der Waals surface area contributed by atoms with Gasteiger partial charge in [0.25, 0.3) is 0 Å². The minimum Gasteiger partial charge on any atom is -0.383 e. The largest absolute Gasteiger partial charge is 0.383 e. The molecule has 0 radical (unpaired) electrons. The van der Waals surface area contributed by atoms with Gasteiger partial charge in [-0.15, -0.1) is 0 Å². The van der Waals surface area contributed by atoms with E-state index in [1.807, 2.05) is 24.4 Å². The van der Waals surface area contributed by atoms with Crippen LogP contribution in [0.5, 0.6) is 0 Å². The van der Waals surface area contributed by atoms with E-state index in [2.05, 4.69) is 43.7 Å². The number of nitrogen functional groups attached to an aromatic ring is 1. The zero-order chi connectivity index (χ0) is 13.3. The number of aromatic nitrogens is 2. The molecule has 0 saturated carbocycles. The topological polar surface area (TPSA) is 51.8 Å². The number of anilines is 1. The monoisotopic (exact) mass is 241 g/mol. The van der Waals surface area contributed by atoms with Crippen LogP contribution in [0.1, 0.15) is 32.2 Å². The lowest BCUT2D eigenvalue weighted by Crippen LogP contribution is -2.17. The summed E-state index contributed by atoms with van der Waals surface area (Å²) in [5.41, 5.74) is 9.16. The first-order valence-corrected chi connectivity index (χ1v) is 6.08. The van der Waals surface area contributed by atoms with Gasteiger partial charge in [-0.3, -0.25) is 0 Å². The highest BCUT2D eigenvalue weighted by Crippen LogP contribution is 2.28. The second kappa shape index (κ2) is 4.41. The summed E-state index contributed by atoms with van der Waals surface area (Å²) in [5, 5.41) is 0. The van der Waals surface area contributed by atoms with Crippen LogP contribution in [0.4, 0.5) is 5.82 Å². The van der Waals surface area contributed by atoms with Crippen molar-refractivity contribution in [3.8, 4) is 11.1 Å². The Labute approximate surface area is 108 Å². The first kappa shape index (κ1) is 12.6. The van der Waals surface area contributed by atoms with E-state index in [9.17, 15) is 0 Å². The molecule has 0 amide bonds. The Kier molecular flexibility index (Phi) is 3.07. The minimum absolute atomic E-state index is 0.0849. The first-order valence-electron chi connectivity index (χ1n) is 6.08. The van der Waals surface area contributed by atoms with Gasteiger partial charge in [-0.1, -0.05) is 45.0 Å². The molecule has 1 heterocycles. The van der Waals surface area contributed by atoms with Gasteiger partial charge in [0.2, 0.25) is 0 Å². The highest BCUT2D eigenvalue weighted by molar-refractivity contribution is 5.75. The maximum absolute atomic E-state index is 6.07. The molecular formula is C15H19N3. The van der Waals surface area contributed by atoms with Crippen LogP contribution in [0.15, 0.2) is 30.5 Å². The molecule has 2 rings (SSSR count). The van der Waals surface area contributed by atoms with Gasteiger partial charge in [-0.25, -0.2) is 9.97 Å². The minimum atomic E-state index is -0.0849. The van der Waals surface area contributed by atoms with Crippen LogP contribution in [0.3, 0.4) is 0 Å². The van der Waals surface area contributed by atoms with Gasteiger partial charge in [0, 0.05) is 17.2 Å². The van der Waals surface area contributed by atoms with E-state index in [1.165, 1.54) is 5.56 Å². The quantitative estimate of drug-likeness (QED) is 0.833. The number of nitrogens with zero attached hydrogens (tertiary/aromatic N) is 2. The van der Waals surface area contributed by atoms with Crippen molar-refractivity contribution in [3.05, 3.63) is 41.9 Å². The van der Waals surface area contributed by atoms with Crippen LogP contribution in [0.25, 0.3) is 11.1 Å². The molecule has 3 heteroatoms. The zero-order valence-corrected chi connectivity index (χ0v) is 11.4. The summed E-state index contributed by atoms with van der Waals surface area (Å²) >= 11 is 0. The van der Waals surface area contributed by atoms with Crippen LogP contribution in [-0.2, 0) is 5.41 Å². The molecule has 1 aromatic heterocycles. The number of rotatable bonds is 1. The smallest absolute Gasteiger partial charge is 0.136 e. The van der Waals surface area contributed by atoms with Crippen LogP contribution in [-0.4, -0.2) is 9.97 Å². The number of nitrogens with two attached hydrogens (primary N) is 1. The van der Waals surface area contributed by atoms with E-state index in [0.717, 1.165) is 17.0 Å². The third-order valence-corrected chi connectivity index (χ3v) is 2.92. The second-order valence-corrected chi connectivity index (χ2v) is 5.56. The number of hydrogen-bond acceptors (Lipinski definition) is 3. The summed E-state index contributed by atoms with van der Waals surface area (Å²) in [5.74, 6) is 1.32. The Balaban J connectivity index is 2.52. The van der Waals surface area contributed by atoms with E-state index < -0.39 is 0 Å². The van der Waals surface area contributed by atoms with Crippen LogP contribution >= 0.6 is 0 Å². The lowest BCUT2D eigenvalue weighted by molar-refractivity contribution is 0.546. The van der Waals surface area contributed by atoms with Gasteiger partial charge < -0.3 is 5.73 Å². The maximum Gasteiger partial charge on any atom is 0.136 e. The molecule has 0 fully saturated rings. The molecule has 0 aliphatic heterocycles. The zero-order valence-electron chi connectivity index (χ0n) is 11.4. The SMILES string of the molecule is Cc1ccccc1-c1cnc(C(C)(C)C)nc1N. The highest BCUT2D eigenvalue weighted by atomic mass is 15.0. The van der Waals surface area contributed by atoms with E-state index in [0.29, 0.717) is 5.82 Å². The molecule has 2 aromatic rings. The lowest BCUT2D eigenvalue weighted by atomic mass is 9.95. The molecular weight excluding hydrogens is 222 g/mol.